The number of urea groups is 1. The molecule has 3 rings (SSSR count). The van der Waals surface area contributed by atoms with Gasteiger partial charge in [-0.3, -0.25) is 19.3 Å². The average Bonchev–Trinajstić information content (AvgIpc) is 2.89. The summed E-state index contributed by atoms with van der Waals surface area (Å²) in [5.41, 5.74) is -0.907. The number of likely N-dealkylation sites (tertiary alicyclic amines) is 1. The number of rotatable bonds is 4. The van der Waals surface area contributed by atoms with E-state index in [2.05, 4.69) is 5.32 Å². The summed E-state index contributed by atoms with van der Waals surface area (Å²) in [6, 6.07) is -0.352. The second-order valence-corrected chi connectivity index (χ2v) is 8.95. The number of piperidine rings is 1. The fourth-order valence-corrected chi connectivity index (χ4v) is 5.12. The Bertz CT molecular complexity index is 686. The van der Waals surface area contributed by atoms with Crippen LogP contribution in [0.3, 0.4) is 0 Å². The van der Waals surface area contributed by atoms with Gasteiger partial charge in [-0.1, -0.05) is 19.8 Å². The summed E-state index contributed by atoms with van der Waals surface area (Å²) in [4.78, 5) is 53.3. The number of imide groups is 1. The zero-order valence-electron chi connectivity index (χ0n) is 17.9. The van der Waals surface area contributed by atoms with Crippen molar-refractivity contribution in [2.24, 2.45) is 5.92 Å². The lowest BCUT2D eigenvalue weighted by atomic mass is 9.73. The summed E-state index contributed by atoms with van der Waals surface area (Å²) in [6.07, 6.45) is 5.33. The maximum Gasteiger partial charge on any atom is 0.327 e. The number of nitrogens with one attached hydrogen (secondary N) is 1. The molecule has 0 unspecified atom stereocenters. The average molecular weight is 408 g/mol. The molecule has 8 heteroatoms. The predicted molar refractivity (Wildman–Crippen MR) is 106 cm³/mol. The smallest absolute Gasteiger partial charge is 0.327 e. The molecule has 1 saturated carbocycles. The Kier molecular flexibility index (Phi) is 6.19. The van der Waals surface area contributed by atoms with Crippen LogP contribution in [0, 0.1) is 5.92 Å². The number of hydrogen-bond acceptors (Lipinski definition) is 5. The van der Waals surface area contributed by atoms with Gasteiger partial charge in [-0.15, -0.1) is 0 Å². The van der Waals surface area contributed by atoms with Crippen molar-refractivity contribution in [1.82, 2.24) is 15.1 Å². The van der Waals surface area contributed by atoms with Crippen LogP contribution < -0.4 is 5.32 Å². The first kappa shape index (κ1) is 21.6. The molecule has 1 aliphatic carbocycles. The van der Waals surface area contributed by atoms with Gasteiger partial charge in [0.2, 0.25) is 0 Å². The van der Waals surface area contributed by atoms with Gasteiger partial charge < -0.3 is 15.0 Å². The molecule has 0 aromatic heterocycles. The van der Waals surface area contributed by atoms with E-state index in [0.717, 1.165) is 43.4 Å². The van der Waals surface area contributed by atoms with Crippen LogP contribution in [0.4, 0.5) is 4.79 Å². The number of amides is 4. The highest BCUT2D eigenvalue weighted by Gasteiger charge is 2.55. The van der Waals surface area contributed by atoms with E-state index < -0.39 is 30.2 Å². The first-order valence-corrected chi connectivity index (χ1v) is 10.8. The number of esters is 1. The van der Waals surface area contributed by atoms with Gasteiger partial charge in [0.1, 0.15) is 12.1 Å². The zero-order valence-corrected chi connectivity index (χ0v) is 17.9. The molecule has 5 atom stereocenters. The van der Waals surface area contributed by atoms with Crippen LogP contribution in [-0.2, 0) is 19.1 Å². The summed E-state index contributed by atoms with van der Waals surface area (Å²) in [7, 11) is 0. The van der Waals surface area contributed by atoms with Gasteiger partial charge in [-0.25, -0.2) is 4.79 Å². The molecule has 29 heavy (non-hydrogen) atoms. The highest BCUT2D eigenvalue weighted by molar-refractivity contribution is 6.09. The molecule has 162 valence electrons. The van der Waals surface area contributed by atoms with Crippen molar-refractivity contribution in [3.8, 4) is 0 Å². The van der Waals surface area contributed by atoms with E-state index in [0.29, 0.717) is 6.42 Å². The van der Waals surface area contributed by atoms with Crippen LogP contribution in [0.15, 0.2) is 0 Å². The standard InChI is InChI=1S/C21H33N3O5/c1-13-8-5-6-11-21(13)19(27)23(20(28)22-21)12-17(25)29-16(4)18(26)24-14(2)9-7-10-15(24)3/h13-16H,5-12H2,1-4H3,(H,22,28)/t13-,14-,15+,16+,21+/m1/s1. The number of ether oxygens (including phenoxy) is 1. The van der Waals surface area contributed by atoms with Crippen LogP contribution in [-0.4, -0.2) is 63.9 Å². The monoisotopic (exact) mass is 407 g/mol. The van der Waals surface area contributed by atoms with E-state index in [4.69, 9.17) is 4.74 Å². The van der Waals surface area contributed by atoms with Gasteiger partial charge in [0.05, 0.1) is 0 Å². The Morgan fingerprint density at radius 1 is 1.10 bits per heavy atom. The maximum atomic E-state index is 13.0. The molecule has 1 N–H and O–H groups in total. The lowest BCUT2D eigenvalue weighted by Crippen LogP contribution is -2.54. The molecular formula is C21H33N3O5. The predicted octanol–water partition coefficient (Wildman–Crippen LogP) is 2.21. The number of hydrogen-bond donors (Lipinski definition) is 1. The van der Waals surface area contributed by atoms with Crippen molar-refractivity contribution < 1.29 is 23.9 Å². The molecule has 3 fully saturated rings. The van der Waals surface area contributed by atoms with Crippen molar-refractivity contribution in [1.29, 1.82) is 0 Å². The number of nitrogens with zero attached hydrogens (tertiary/aromatic N) is 2. The zero-order chi connectivity index (χ0) is 21.3. The third-order valence-corrected chi connectivity index (χ3v) is 6.89. The Balaban J connectivity index is 1.61. The molecular weight excluding hydrogens is 374 g/mol. The fraction of sp³-hybridized carbons (Fsp3) is 0.810. The maximum absolute atomic E-state index is 13.0. The van der Waals surface area contributed by atoms with Gasteiger partial charge >= 0.3 is 12.0 Å². The molecule has 4 amide bonds. The quantitative estimate of drug-likeness (QED) is 0.569. The van der Waals surface area contributed by atoms with Crippen molar-refractivity contribution in [2.75, 3.05) is 6.54 Å². The SMILES string of the molecule is C[C@H](OC(=O)CN1C(=O)N[C@]2(CCCC[C@H]2C)C1=O)C(=O)N1[C@H](C)CCC[C@@H]1C. The van der Waals surface area contributed by atoms with Crippen molar-refractivity contribution in [3.63, 3.8) is 0 Å². The van der Waals surface area contributed by atoms with Gasteiger partial charge in [-0.05, 0) is 58.8 Å². The second-order valence-electron chi connectivity index (χ2n) is 8.95. The Labute approximate surface area is 172 Å². The molecule has 2 saturated heterocycles. The Morgan fingerprint density at radius 2 is 1.76 bits per heavy atom. The largest absolute Gasteiger partial charge is 0.451 e. The lowest BCUT2D eigenvalue weighted by molar-refractivity contribution is -0.163. The highest BCUT2D eigenvalue weighted by atomic mass is 16.5. The van der Waals surface area contributed by atoms with E-state index in [1.807, 2.05) is 20.8 Å². The fourth-order valence-electron chi connectivity index (χ4n) is 5.12. The van der Waals surface area contributed by atoms with E-state index in [9.17, 15) is 19.2 Å². The third kappa shape index (κ3) is 3.98. The van der Waals surface area contributed by atoms with Gasteiger partial charge in [-0.2, -0.15) is 0 Å². The van der Waals surface area contributed by atoms with E-state index in [1.165, 1.54) is 0 Å². The van der Waals surface area contributed by atoms with E-state index in [-0.39, 0.29) is 29.8 Å². The molecule has 0 radical (unpaired) electrons. The molecule has 2 aliphatic heterocycles. The summed E-state index contributed by atoms with van der Waals surface area (Å²) in [6.45, 7) is 7.04. The molecule has 2 heterocycles. The van der Waals surface area contributed by atoms with Crippen LogP contribution in [0.25, 0.3) is 0 Å². The topological polar surface area (TPSA) is 96.0 Å². The molecule has 3 aliphatic rings. The number of carbonyl (C=O) groups is 4. The summed E-state index contributed by atoms with van der Waals surface area (Å²) >= 11 is 0. The Morgan fingerprint density at radius 3 is 2.38 bits per heavy atom. The van der Waals surface area contributed by atoms with Crippen molar-refractivity contribution >= 4 is 23.8 Å². The van der Waals surface area contributed by atoms with E-state index >= 15 is 0 Å². The normalized spacial score (nSPS) is 33.6. The van der Waals surface area contributed by atoms with Crippen LogP contribution in [0.1, 0.15) is 72.6 Å². The van der Waals surface area contributed by atoms with Crippen LogP contribution in [0.2, 0.25) is 0 Å². The minimum absolute atomic E-state index is 0.0244. The van der Waals surface area contributed by atoms with Crippen molar-refractivity contribution in [3.05, 3.63) is 0 Å². The first-order valence-electron chi connectivity index (χ1n) is 10.8. The number of carbonyl (C=O) groups excluding carboxylic acids is 4. The summed E-state index contributed by atoms with van der Waals surface area (Å²) in [5.74, 6) is -1.31. The van der Waals surface area contributed by atoms with Crippen LogP contribution in [0.5, 0.6) is 0 Å². The third-order valence-electron chi connectivity index (χ3n) is 6.89. The molecule has 1 spiro atoms. The van der Waals surface area contributed by atoms with Crippen molar-refractivity contribution in [2.45, 2.75) is 96.4 Å². The second kappa shape index (κ2) is 8.32. The highest BCUT2D eigenvalue weighted by Crippen LogP contribution is 2.38. The minimum Gasteiger partial charge on any atom is -0.451 e. The molecule has 8 nitrogen and oxygen atoms in total. The van der Waals surface area contributed by atoms with Gasteiger partial charge in [0.25, 0.3) is 11.8 Å². The minimum atomic E-state index is -0.950. The van der Waals surface area contributed by atoms with Gasteiger partial charge in [0, 0.05) is 12.1 Å². The summed E-state index contributed by atoms with van der Waals surface area (Å²) in [5, 5.41) is 2.82. The van der Waals surface area contributed by atoms with E-state index in [1.54, 1.807) is 11.8 Å². The summed E-state index contributed by atoms with van der Waals surface area (Å²) < 4.78 is 5.32. The Hall–Kier alpha value is -2.12. The van der Waals surface area contributed by atoms with Crippen LogP contribution >= 0.6 is 0 Å². The molecule has 0 aromatic carbocycles. The first-order chi connectivity index (χ1) is 13.7. The lowest BCUT2D eigenvalue weighted by Gasteiger charge is -2.40. The molecule has 0 aromatic rings. The van der Waals surface area contributed by atoms with Gasteiger partial charge in [0.15, 0.2) is 6.10 Å². The molecule has 0 bridgehead atoms.